The van der Waals surface area contributed by atoms with E-state index in [1.165, 1.54) is 18.3 Å². The molecule has 1 aromatic carbocycles. The van der Waals surface area contributed by atoms with Crippen LogP contribution in [0.2, 0.25) is 0 Å². The predicted octanol–water partition coefficient (Wildman–Crippen LogP) is 3.51. The maximum atomic E-state index is 14.6. The zero-order valence-corrected chi connectivity index (χ0v) is 19.9. The molecule has 1 saturated heterocycles. The van der Waals surface area contributed by atoms with Crippen molar-refractivity contribution in [3.05, 3.63) is 42.1 Å². The van der Waals surface area contributed by atoms with E-state index in [9.17, 15) is 28.3 Å². The van der Waals surface area contributed by atoms with Crippen molar-refractivity contribution in [2.24, 2.45) is 5.41 Å². The van der Waals surface area contributed by atoms with Gasteiger partial charge in [-0.1, -0.05) is 0 Å². The van der Waals surface area contributed by atoms with Crippen LogP contribution >= 0.6 is 0 Å². The lowest BCUT2D eigenvalue weighted by Crippen LogP contribution is -2.46. The van der Waals surface area contributed by atoms with Gasteiger partial charge in [0.2, 0.25) is 5.91 Å². The Hall–Kier alpha value is -3.80. The Morgan fingerprint density at radius 1 is 1.14 bits per heavy atom. The van der Waals surface area contributed by atoms with Gasteiger partial charge in [-0.2, -0.15) is 0 Å². The third-order valence-electron chi connectivity index (χ3n) is 6.61. The summed E-state index contributed by atoms with van der Waals surface area (Å²) in [6.07, 6.45) is 3.33. The molecule has 1 saturated carbocycles. The standard InChI is InChI=1S/C24H27F2N5O5/c1-30-9-4-14(5-10-30)31(2)23(35)29-20-11-15(3-8-27-20)36-19-13-16(25)18(12-17(19)26)28-21(32)24(6-7-24)22(33)34/h3,8,11-14H,4-7,9-10H2,1-2H3,(H,28,32)(H,33,34)(H,27,29,35). The van der Waals surface area contributed by atoms with Gasteiger partial charge < -0.3 is 25.0 Å². The fraction of sp³-hybridized carbons (Fsp3) is 0.417. The minimum atomic E-state index is -1.60. The number of aliphatic carboxylic acids is 1. The molecule has 0 atom stereocenters. The monoisotopic (exact) mass is 503 g/mol. The molecule has 0 unspecified atom stereocenters. The molecule has 4 rings (SSSR count). The molecule has 0 radical (unpaired) electrons. The number of hydrogen-bond acceptors (Lipinski definition) is 6. The molecule has 1 aliphatic heterocycles. The SMILES string of the molecule is CN1CCC(N(C)C(=O)Nc2cc(Oc3cc(F)c(NC(=O)C4(C(=O)O)CC4)cc3F)ccn2)CC1. The van der Waals surface area contributed by atoms with E-state index in [0.717, 1.165) is 38.1 Å². The molecule has 0 bridgehead atoms. The molecular weight excluding hydrogens is 476 g/mol. The number of benzene rings is 1. The smallest absolute Gasteiger partial charge is 0.323 e. The molecule has 36 heavy (non-hydrogen) atoms. The van der Waals surface area contributed by atoms with Crippen LogP contribution in [-0.4, -0.2) is 71.0 Å². The van der Waals surface area contributed by atoms with Gasteiger partial charge in [-0.05, 0) is 51.9 Å². The number of aromatic nitrogens is 1. The maximum Gasteiger partial charge on any atom is 0.323 e. The highest BCUT2D eigenvalue weighted by Gasteiger charge is 2.57. The van der Waals surface area contributed by atoms with Crippen molar-refractivity contribution in [3.63, 3.8) is 0 Å². The molecule has 1 aliphatic carbocycles. The number of piperidine rings is 1. The van der Waals surface area contributed by atoms with Crippen LogP contribution in [0.5, 0.6) is 11.5 Å². The quantitative estimate of drug-likeness (QED) is 0.494. The van der Waals surface area contributed by atoms with Crippen LogP contribution in [0.1, 0.15) is 25.7 Å². The van der Waals surface area contributed by atoms with Crippen molar-refractivity contribution in [1.29, 1.82) is 0 Å². The first-order valence-corrected chi connectivity index (χ1v) is 11.5. The van der Waals surface area contributed by atoms with Gasteiger partial charge in [-0.15, -0.1) is 0 Å². The Kier molecular flexibility index (Phi) is 7.07. The first-order chi connectivity index (χ1) is 17.1. The van der Waals surface area contributed by atoms with E-state index < -0.39 is 40.4 Å². The van der Waals surface area contributed by atoms with Crippen molar-refractivity contribution in [2.75, 3.05) is 37.8 Å². The molecule has 2 fully saturated rings. The number of rotatable bonds is 7. The number of ether oxygens (including phenoxy) is 1. The Morgan fingerprint density at radius 3 is 2.47 bits per heavy atom. The third kappa shape index (κ3) is 5.38. The van der Waals surface area contributed by atoms with E-state index in [1.54, 1.807) is 11.9 Å². The molecule has 0 spiro atoms. The van der Waals surface area contributed by atoms with Crippen LogP contribution in [0.25, 0.3) is 0 Å². The van der Waals surface area contributed by atoms with Crippen LogP contribution in [-0.2, 0) is 9.59 Å². The highest BCUT2D eigenvalue weighted by molar-refractivity contribution is 6.10. The Bertz CT molecular complexity index is 1180. The highest BCUT2D eigenvalue weighted by Crippen LogP contribution is 2.47. The lowest BCUT2D eigenvalue weighted by molar-refractivity contribution is -0.147. The van der Waals surface area contributed by atoms with Crippen LogP contribution in [0.3, 0.4) is 0 Å². The molecule has 1 aromatic heterocycles. The number of amides is 3. The van der Waals surface area contributed by atoms with E-state index in [0.29, 0.717) is 0 Å². The number of carboxylic acid groups (broad SMARTS) is 1. The van der Waals surface area contributed by atoms with E-state index in [1.807, 2.05) is 7.05 Å². The zero-order chi connectivity index (χ0) is 26.0. The molecule has 2 heterocycles. The fourth-order valence-corrected chi connectivity index (χ4v) is 4.02. The van der Waals surface area contributed by atoms with Crippen molar-refractivity contribution in [3.8, 4) is 11.5 Å². The summed E-state index contributed by atoms with van der Waals surface area (Å²) in [6.45, 7) is 1.80. The van der Waals surface area contributed by atoms with Crippen molar-refractivity contribution >= 4 is 29.4 Å². The second-order valence-electron chi connectivity index (χ2n) is 9.16. The van der Waals surface area contributed by atoms with Gasteiger partial charge in [0.05, 0.1) is 5.69 Å². The number of anilines is 2. The summed E-state index contributed by atoms with van der Waals surface area (Å²) in [7, 11) is 3.75. The molecular formula is C24H27F2N5O5. The Morgan fingerprint density at radius 2 is 1.83 bits per heavy atom. The molecule has 3 N–H and O–H groups in total. The number of carbonyl (C=O) groups is 3. The summed E-state index contributed by atoms with van der Waals surface area (Å²) in [4.78, 5) is 44.0. The lowest BCUT2D eigenvalue weighted by atomic mass is 10.0. The summed E-state index contributed by atoms with van der Waals surface area (Å²) < 4.78 is 34.6. The van der Waals surface area contributed by atoms with E-state index in [-0.39, 0.29) is 36.5 Å². The number of halogens is 2. The van der Waals surface area contributed by atoms with Gasteiger partial charge in [-0.3, -0.25) is 14.9 Å². The number of carboxylic acids is 1. The number of nitrogens with one attached hydrogen (secondary N) is 2. The second-order valence-corrected chi connectivity index (χ2v) is 9.16. The number of pyridine rings is 1. The first-order valence-electron chi connectivity index (χ1n) is 11.5. The Labute approximate surface area is 206 Å². The summed E-state index contributed by atoms with van der Waals surface area (Å²) in [6, 6.07) is 4.01. The topological polar surface area (TPSA) is 124 Å². The average Bonchev–Trinajstić information content (AvgIpc) is 3.65. The van der Waals surface area contributed by atoms with E-state index in [4.69, 9.17) is 4.74 Å². The maximum absolute atomic E-state index is 14.6. The third-order valence-corrected chi connectivity index (χ3v) is 6.61. The molecule has 2 aromatic rings. The van der Waals surface area contributed by atoms with Crippen LogP contribution in [0, 0.1) is 17.0 Å². The van der Waals surface area contributed by atoms with Gasteiger partial charge in [0.15, 0.2) is 17.4 Å². The molecule has 192 valence electrons. The van der Waals surface area contributed by atoms with E-state index >= 15 is 0 Å². The number of urea groups is 1. The van der Waals surface area contributed by atoms with Gasteiger partial charge in [0.25, 0.3) is 0 Å². The minimum Gasteiger partial charge on any atom is -0.480 e. The van der Waals surface area contributed by atoms with Gasteiger partial charge >= 0.3 is 12.0 Å². The molecule has 10 nitrogen and oxygen atoms in total. The second kappa shape index (κ2) is 10.1. The zero-order valence-electron chi connectivity index (χ0n) is 19.9. The van der Waals surface area contributed by atoms with Crippen molar-refractivity contribution in [1.82, 2.24) is 14.8 Å². The Balaban J connectivity index is 1.41. The van der Waals surface area contributed by atoms with E-state index in [2.05, 4.69) is 20.5 Å². The number of nitrogens with zero attached hydrogens (tertiary/aromatic N) is 3. The largest absolute Gasteiger partial charge is 0.480 e. The summed E-state index contributed by atoms with van der Waals surface area (Å²) in [5.41, 5.74) is -2.09. The highest BCUT2D eigenvalue weighted by atomic mass is 19.1. The molecule has 12 heteroatoms. The van der Waals surface area contributed by atoms with Crippen LogP contribution in [0.15, 0.2) is 30.5 Å². The minimum absolute atomic E-state index is 0.0974. The number of likely N-dealkylation sites (tertiary alicyclic amines) is 1. The molecule has 2 aliphatic rings. The van der Waals surface area contributed by atoms with Crippen molar-refractivity contribution in [2.45, 2.75) is 31.7 Å². The summed E-state index contributed by atoms with van der Waals surface area (Å²) >= 11 is 0. The van der Waals surface area contributed by atoms with Crippen LogP contribution in [0.4, 0.5) is 25.1 Å². The molecule has 3 amide bonds. The summed E-state index contributed by atoms with van der Waals surface area (Å²) in [5.74, 6) is -4.37. The van der Waals surface area contributed by atoms with Crippen molar-refractivity contribution < 1.29 is 33.0 Å². The van der Waals surface area contributed by atoms with Gasteiger partial charge in [-0.25, -0.2) is 18.6 Å². The lowest BCUT2D eigenvalue weighted by Gasteiger charge is -2.34. The predicted molar refractivity (Wildman–Crippen MR) is 126 cm³/mol. The number of hydrogen-bond donors (Lipinski definition) is 3. The van der Waals surface area contributed by atoms with Gasteiger partial charge in [0, 0.05) is 37.5 Å². The number of carbonyl (C=O) groups excluding carboxylic acids is 2. The van der Waals surface area contributed by atoms with Gasteiger partial charge in [0.1, 0.15) is 17.0 Å². The fourth-order valence-electron chi connectivity index (χ4n) is 4.02. The normalized spacial score (nSPS) is 17.2. The first kappa shape index (κ1) is 25.3. The summed E-state index contributed by atoms with van der Waals surface area (Å²) in [5, 5.41) is 14.0. The van der Waals surface area contributed by atoms with Crippen LogP contribution < -0.4 is 15.4 Å². The average molecular weight is 504 g/mol.